The topological polar surface area (TPSA) is 61.2 Å². The van der Waals surface area contributed by atoms with E-state index in [9.17, 15) is 8.42 Å². The molecule has 9 heteroatoms. The summed E-state index contributed by atoms with van der Waals surface area (Å²) in [5.41, 5.74) is 4.42. The molecule has 0 amide bonds. The molecular formula is C27H29N5O2S2. The number of hydrogen-bond acceptors (Lipinski definition) is 7. The van der Waals surface area contributed by atoms with Crippen LogP contribution in [0.4, 0.5) is 16.4 Å². The van der Waals surface area contributed by atoms with Crippen LogP contribution in [0.1, 0.15) is 16.1 Å². The Morgan fingerprint density at radius 3 is 2.47 bits per heavy atom. The smallest absolute Gasteiger partial charge is 0.236 e. The second kappa shape index (κ2) is 8.76. The lowest BCUT2D eigenvalue weighted by Crippen LogP contribution is -2.47. The molecule has 4 heterocycles. The van der Waals surface area contributed by atoms with Gasteiger partial charge in [0.05, 0.1) is 40.9 Å². The van der Waals surface area contributed by atoms with Crippen LogP contribution in [0.3, 0.4) is 0 Å². The number of benzene rings is 2. The van der Waals surface area contributed by atoms with E-state index in [0.717, 1.165) is 65.0 Å². The molecule has 186 valence electrons. The van der Waals surface area contributed by atoms with E-state index in [1.807, 2.05) is 48.5 Å². The number of fused-ring (bicyclic) bond motifs is 3. The summed E-state index contributed by atoms with van der Waals surface area (Å²) in [6.07, 6.45) is 1.27. The third-order valence-electron chi connectivity index (χ3n) is 6.91. The molecule has 2 aliphatic heterocycles. The molecule has 0 unspecified atom stereocenters. The fourth-order valence-electron chi connectivity index (χ4n) is 5.20. The van der Waals surface area contributed by atoms with Crippen molar-refractivity contribution in [2.24, 2.45) is 4.99 Å². The van der Waals surface area contributed by atoms with Gasteiger partial charge in [-0.2, -0.15) is 0 Å². The number of aromatic nitrogens is 1. The first-order valence-electron chi connectivity index (χ1n) is 12.1. The van der Waals surface area contributed by atoms with Gasteiger partial charge in [-0.25, -0.2) is 17.4 Å². The van der Waals surface area contributed by atoms with E-state index in [4.69, 9.17) is 4.99 Å². The Bertz CT molecular complexity index is 1590. The van der Waals surface area contributed by atoms with E-state index in [-0.39, 0.29) is 0 Å². The van der Waals surface area contributed by atoms with Gasteiger partial charge in [0.15, 0.2) is 0 Å². The van der Waals surface area contributed by atoms with Crippen molar-refractivity contribution in [3.8, 4) is 0 Å². The molecule has 2 aromatic heterocycles. The largest absolute Gasteiger partial charge is 0.353 e. The Kier molecular flexibility index (Phi) is 5.66. The maximum Gasteiger partial charge on any atom is 0.236 e. The summed E-state index contributed by atoms with van der Waals surface area (Å²) in [6, 6.07) is 20.0. The molecule has 0 N–H and O–H groups in total. The number of nitrogens with zero attached hydrogens (tertiary/aromatic N) is 5. The molecule has 0 radical (unpaired) electrons. The molecule has 1 fully saturated rings. The van der Waals surface area contributed by atoms with E-state index in [1.165, 1.54) is 15.1 Å². The standard InChI is InChI=1S/C27H29N5O2S2/c1-19-16-22-26(30-14-12-29(2)13-15-30)28-23-9-5-7-11-25(23)31(27(22)35-19)18-21-17-20-8-4-6-10-24(20)32(21)36(3,33)34/h4-11,16-17H,12-15,18H2,1-3H3. The highest BCUT2D eigenvalue weighted by molar-refractivity contribution is 7.89. The Hall–Kier alpha value is -3.14. The van der Waals surface area contributed by atoms with Gasteiger partial charge in [0, 0.05) is 36.4 Å². The predicted octanol–water partition coefficient (Wildman–Crippen LogP) is 4.80. The van der Waals surface area contributed by atoms with E-state index in [1.54, 1.807) is 11.3 Å². The van der Waals surface area contributed by atoms with Gasteiger partial charge >= 0.3 is 0 Å². The zero-order valence-electron chi connectivity index (χ0n) is 20.7. The molecule has 1 saturated heterocycles. The SMILES string of the molecule is Cc1cc2c(s1)N(Cc1cc3ccccc3n1S(C)(=O)=O)c1ccccc1N=C2N1CCN(C)CC1. The molecule has 36 heavy (non-hydrogen) atoms. The minimum Gasteiger partial charge on any atom is -0.353 e. The van der Waals surface area contributed by atoms with Gasteiger partial charge in [-0.05, 0) is 44.3 Å². The van der Waals surface area contributed by atoms with E-state index in [2.05, 4.69) is 40.8 Å². The molecule has 0 spiro atoms. The van der Waals surface area contributed by atoms with E-state index >= 15 is 0 Å². The molecule has 6 rings (SSSR count). The lowest BCUT2D eigenvalue weighted by atomic mass is 10.2. The van der Waals surface area contributed by atoms with Crippen LogP contribution in [0.25, 0.3) is 10.9 Å². The van der Waals surface area contributed by atoms with Crippen molar-refractivity contribution in [3.63, 3.8) is 0 Å². The Balaban J connectivity index is 1.52. The van der Waals surface area contributed by atoms with E-state index < -0.39 is 10.0 Å². The summed E-state index contributed by atoms with van der Waals surface area (Å²) >= 11 is 1.73. The number of likely N-dealkylation sites (N-methyl/N-ethyl adjacent to an activating group) is 1. The second-order valence-corrected chi connectivity index (χ2v) is 12.7. The molecule has 0 aliphatic carbocycles. The summed E-state index contributed by atoms with van der Waals surface area (Å²) in [4.78, 5) is 13.4. The van der Waals surface area contributed by atoms with Crippen LogP contribution in [0.5, 0.6) is 0 Å². The Morgan fingerprint density at radius 2 is 1.69 bits per heavy atom. The Morgan fingerprint density at radius 1 is 0.972 bits per heavy atom. The summed E-state index contributed by atoms with van der Waals surface area (Å²) in [5.74, 6) is 1.00. The lowest BCUT2D eigenvalue weighted by Gasteiger charge is -2.34. The highest BCUT2D eigenvalue weighted by Crippen LogP contribution is 2.45. The first kappa shape index (κ1) is 23.3. The average molecular weight is 520 g/mol. The minimum absolute atomic E-state index is 0.414. The first-order chi connectivity index (χ1) is 17.3. The normalized spacial score (nSPS) is 16.6. The van der Waals surface area contributed by atoms with Crippen LogP contribution < -0.4 is 4.90 Å². The van der Waals surface area contributed by atoms with Crippen molar-refractivity contribution >= 4 is 54.5 Å². The minimum atomic E-state index is -3.51. The molecule has 2 aliphatic rings. The van der Waals surface area contributed by atoms with Gasteiger partial charge in [-0.3, -0.25) is 0 Å². The van der Waals surface area contributed by atoms with Crippen molar-refractivity contribution in [3.05, 3.63) is 76.8 Å². The van der Waals surface area contributed by atoms with Crippen molar-refractivity contribution in [2.45, 2.75) is 13.5 Å². The first-order valence-corrected chi connectivity index (χ1v) is 14.8. The quantitative estimate of drug-likeness (QED) is 0.389. The number of aryl methyl sites for hydroxylation is 1. The van der Waals surface area contributed by atoms with E-state index in [0.29, 0.717) is 12.1 Å². The average Bonchev–Trinajstić information content (AvgIpc) is 3.38. The van der Waals surface area contributed by atoms with Crippen molar-refractivity contribution in [1.82, 2.24) is 13.8 Å². The van der Waals surface area contributed by atoms with Crippen LogP contribution >= 0.6 is 11.3 Å². The molecule has 7 nitrogen and oxygen atoms in total. The molecule has 0 bridgehead atoms. The fraction of sp³-hybridized carbons (Fsp3) is 0.296. The number of thiophene rings is 1. The monoisotopic (exact) mass is 519 g/mol. The summed E-state index contributed by atoms with van der Waals surface area (Å²) in [6.45, 7) is 6.38. The molecular weight excluding hydrogens is 490 g/mol. The zero-order valence-corrected chi connectivity index (χ0v) is 22.3. The van der Waals surface area contributed by atoms with Crippen molar-refractivity contribution < 1.29 is 8.42 Å². The van der Waals surface area contributed by atoms with Gasteiger partial charge in [-0.15, -0.1) is 11.3 Å². The number of amidine groups is 1. The predicted molar refractivity (Wildman–Crippen MR) is 149 cm³/mol. The van der Waals surface area contributed by atoms with Crippen LogP contribution in [0.2, 0.25) is 0 Å². The highest BCUT2D eigenvalue weighted by atomic mass is 32.2. The summed E-state index contributed by atoms with van der Waals surface area (Å²) in [7, 11) is -1.35. The van der Waals surface area contributed by atoms with Crippen molar-refractivity contribution in [2.75, 3.05) is 44.4 Å². The van der Waals surface area contributed by atoms with Gasteiger partial charge in [0.1, 0.15) is 10.8 Å². The third-order valence-corrected chi connectivity index (χ3v) is 9.08. The summed E-state index contributed by atoms with van der Waals surface area (Å²) in [5, 5.41) is 2.01. The third kappa shape index (κ3) is 4.01. The van der Waals surface area contributed by atoms with Crippen LogP contribution in [-0.2, 0) is 16.6 Å². The maximum atomic E-state index is 12.9. The van der Waals surface area contributed by atoms with Gasteiger partial charge < -0.3 is 14.7 Å². The summed E-state index contributed by atoms with van der Waals surface area (Å²) < 4.78 is 27.3. The number of rotatable bonds is 3. The maximum absolute atomic E-state index is 12.9. The number of aliphatic imine (C=N–C) groups is 1. The van der Waals surface area contributed by atoms with Crippen molar-refractivity contribution in [1.29, 1.82) is 0 Å². The molecule has 2 aromatic carbocycles. The zero-order chi connectivity index (χ0) is 25.0. The van der Waals surface area contributed by atoms with Crippen LogP contribution in [0, 0.1) is 6.92 Å². The highest BCUT2D eigenvalue weighted by Gasteiger charge is 2.30. The van der Waals surface area contributed by atoms with Gasteiger partial charge in [0.25, 0.3) is 0 Å². The van der Waals surface area contributed by atoms with Gasteiger partial charge in [0.2, 0.25) is 10.0 Å². The molecule has 4 aromatic rings. The second-order valence-electron chi connectivity index (χ2n) is 9.60. The molecule has 0 atom stereocenters. The Labute approximate surface area is 215 Å². The van der Waals surface area contributed by atoms with Gasteiger partial charge in [-0.1, -0.05) is 30.3 Å². The van der Waals surface area contributed by atoms with Crippen LogP contribution in [0.15, 0.2) is 65.7 Å². The number of piperazine rings is 1. The lowest BCUT2D eigenvalue weighted by molar-refractivity contribution is 0.216. The fourth-order valence-corrected chi connectivity index (χ4v) is 7.28. The number of para-hydroxylation sites is 3. The number of hydrogen-bond donors (Lipinski definition) is 0. The van der Waals surface area contributed by atoms with Crippen LogP contribution in [-0.4, -0.2) is 67.5 Å². The molecule has 0 saturated carbocycles. The number of anilines is 2.